The molecular formula is C13H24N4O2. The van der Waals surface area contributed by atoms with Gasteiger partial charge in [0.05, 0.1) is 19.3 Å². The van der Waals surface area contributed by atoms with Crippen molar-refractivity contribution in [2.45, 2.75) is 51.8 Å². The van der Waals surface area contributed by atoms with Gasteiger partial charge in [-0.15, -0.1) is 0 Å². The predicted octanol–water partition coefficient (Wildman–Crippen LogP) is 0.915. The summed E-state index contributed by atoms with van der Waals surface area (Å²) in [7, 11) is 0. The molecule has 0 spiro atoms. The first kappa shape index (κ1) is 14.4. The Bertz CT molecular complexity index is 411. The molecule has 1 saturated heterocycles. The van der Waals surface area contributed by atoms with Gasteiger partial charge >= 0.3 is 0 Å². The van der Waals surface area contributed by atoms with E-state index in [-0.39, 0.29) is 17.6 Å². The average Bonchev–Trinajstić information content (AvgIpc) is 2.77. The Labute approximate surface area is 114 Å². The van der Waals surface area contributed by atoms with Crippen molar-refractivity contribution in [2.75, 3.05) is 19.7 Å². The first-order valence-corrected chi connectivity index (χ1v) is 6.79. The molecule has 0 aromatic carbocycles. The standard InChI is InChI=1S/C13H24N4O2/c1-9(14)10-7-17(5-6-18-10)8-11-15-12(16-19-11)13(2,3)4/h9-10H,5-8,14H2,1-4H3. The SMILES string of the molecule is CC(N)C1CN(Cc2nc(C(C)(C)C)no2)CCO1. The summed E-state index contributed by atoms with van der Waals surface area (Å²) in [6.07, 6.45) is 0.0822. The third kappa shape index (κ3) is 3.75. The molecule has 1 fully saturated rings. The summed E-state index contributed by atoms with van der Waals surface area (Å²) in [5.74, 6) is 1.41. The monoisotopic (exact) mass is 268 g/mol. The van der Waals surface area contributed by atoms with Crippen molar-refractivity contribution in [2.24, 2.45) is 5.73 Å². The van der Waals surface area contributed by atoms with Crippen LogP contribution in [0.4, 0.5) is 0 Å². The summed E-state index contributed by atoms with van der Waals surface area (Å²) < 4.78 is 10.9. The fraction of sp³-hybridized carbons (Fsp3) is 0.846. The van der Waals surface area contributed by atoms with Gasteiger partial charge in [0.25, 0.3) is 0 Å². The van der Waals surface area contributed by atoms with E-state index in [0.29, 0.717) is 19.0 Å². The molecule has 1 aromatic rings. The van der Waals surface area contributed by atoms with Crippen LogP contribution in [0, 0.1) is 0 Å². The van der Waals surface area contributed by atoms with E-state index >= 15 is 0 Å². The number of morpholine rings is 1. The van der Waals surface area contributed by atoms with E-state index in [0.717, 1.165) is 18.9 Å². The number of nitrogens with zero attached hydrogens (tertiary/aromatic N) is 3. The van der Waals surface area contributed by atoms with Crippen molar-refractivity contribution in [3.63, 3.8) is 0 Å². The molecular weight excluding hydrogens is 244 g/mol. The van der Waals surface area contributed by atoms with Crippen LogP contribution in [0.1, 0.15) is 39.4 Å². The van der Waals surface area contributed by atoms with Gasteiger partial charge in [-0.2, -0.15) is 4.98 Å². The molecule has 1 aliphatic heterocycles. The first-order chi connectivity index (χ1) is 8.86. The van der Waals surface area contributed by atoms with Crippen molar-refractivity contribution in [3.05, 3.63) is 11.7 Å². The maximum atomic E-state index is 5.88. The van der Waals surface area contributed by atoms with Gasteiger partial charge < -0.3 is 15.0 Å². The smallest absolute Gasteiger partial charge is 0.240 e. The zero-order valence-corrected chi connectivity index (χ0v) is 12.2. The van der Waals surface area contributed by atoms with Crippen LogP contribution in [0.3, 0.4) is 0 Å². The van der Waals surface area contributed by atoms with E-state index in [4.69, 9.17) is 15.0 Å². The Morgan fingerprint density at radius 3 is 2.79 bits per heavy atom. The largest absolute Gasteiger partial charge is 0.374 e. The number of hydrogen-bond donors (Lipinski definition) is 1. The van der Waals surface area contributed by atoms with Gasteiger partial charge in [0.2, 0.25) is 5.89 Å². The highest BCUT2D eigenvalue weighted by atomic mass is 16.5. The zero-order chi connectivity index (χ0) is 14.0. The second-order valence-electron chi connectivity index (χ2n) is 6.27. The highest BCUT2D eigenvalue weighted by Crippen LogP contribution is 2.19. The lowest BCUT2D eigenvalue weighted by Crippen LogP contribution is -2.49. The van der Waals surface area contributed by atoms with E-state index in [1.165, 1.54) is 0 Å². The number of aromatic nitrogens is 2. The number of rotatable bonds is 3. The fourth-order valence-corrected chi connectivity index (χ4v) is 2.01. The van der Waals surface area contributed by atoms with Crippen LogP contribution >= 0.6 is 0 Å². The molecule has 19 heavy (non-hydrogen) atoms. The predicted molar refractivity (Wildman–Crippen MR) is 71.7 cm³/mol. The van der Waals surface area contributed by atoms with E-state index < -0.39 is 0 Å². The van der Waals surface area contributed by atoms with Crippen LogP contribution < -0.4 is 5.73 Å². The summed E-state index contributed by atoms with van der Waals surface area (Å²) >= 11 is 0. The Balaban J connectivity index is 1.95. The minimum absolute atomic E-state index is 0.0376. The highest BCUT2D eigenvalue weighted by molar-refractivity contribution is 5.00. The Morgan fingerprint density at radius 1 is 1.47 bits per heavy atom. The van der Waals surface area contributed by atoms with Crippen LogP contribution in [-0.2, 0) is 16.7 Å². The van der Waals surface area contributed by atoms with Crippen LogP contribution in [0.25, 0.3) is 0 Å². The van der Waals surface area contributed by atoms with Crippen LogP contribution in [0.15, 0.2) is 4.52 Å². The summed E-state index contributed by atoms with van der Waals surface area (Å²) in [6.45, 7) is 11.2. The van der Waals surface area contributed by atoms with E-state index in [1.54, 1.807) is 0 Å². The maximum absolute atomic E-state index is 5.88. The summed E-state index contributed by atoms with van der Waals surface area (Å²) in [5.41, 5.74) is 5.80. The van der Waals surface area contributed by atoms with Crippen LogP contribution in [0.5, 0.6) is 0 Å². The third-order valence-corrected chi connectivity index (χ3v) is 3.26. The molecule has 0 amide bonds. The fourth-order valence-electron chi connectivity index (χ4n) is 2.01. The molecule has 1 aromatic heterocycles. The van der Waals surface area contributed by atoms with Gasteiger partial charge in [0, 0.05) is 24.5 Å². The molecule has 2 unspecified atom stereocenters. The molecule has 2 rings (SSSR count). The zero-order valence-electron chi connectivity index (χ0n) is 12.2. The van der Waals surface area contributed by atoms with Crippen molar-refractivity contribution in [3.8, 4) is 0 Å². The summed E-state index contributed by atoms with van der Waals surface area (Å²) in [5, 5.41) is 4.04. The van der Waals surface area contributed by atoms with Crippen LogP contribution in [-0.4, -0.2) is 46.9 Å². The molecule has 0 bridgehead atoms. The normalized spacial score (nSPS) is 23.5. The molecule has 6 heteroatoms. The molecule has 2 N–H and O–H groups in total. The molecule has 2 atom stereocenters. The summed E-state index contributed by atoms with van der Waals surface area (Å²) in [6, 6.07) is 0.0376. The van der Waals surface area contributed by atoms with Gasteiger partial charge in [0.15, 0.2) is 5.82 Å². The topological polar surface area (TPSA) is 77.4 Å². The second kappa shape index (κ2) is 5.56. The van der Waals surface area contributed by atoms with Crippen molar-refractivity contribution in [1.29, 1.82) is 0 Å². The van der Waals surface area contributed by atoms with Gasteiger partial charge in [-0.3, -0.25) is 4.90 Å². The van der Waals surface area contributed by atoms with Crippen molar-refractivity contribution >= 4 is 0 Å². The van der Waals surface area contributed by atoms with Gasteiger partial charge in [-0.1, -0.05) is 25.9 Å². The second-order valence-corrected chi connectivity index (χ2v) is 6.27. The van der Waals surface area contributed by atoms with Crippen LogP contribution in [0.2, 0.25) is 0 Å². The van der Waals surface area contributed by atoms with Crippen molar-refractivity contribution < 1.29 is 9.26 Å². The van der Waals surface area contributed by atoms with Gasteiger partial charge in [-0.25, -0.2) is 0 Å². The van der Waals surface area contributed by atoms with E-state index in [2.05, 4.69) is 35.8 Å². The average molecular weight is 268 g/mol. The Morgan fingerprint density at radius 2 is 2.21 bits per heavy atom. The molecule has 0 radical (unpaired) electrons. The number of nitrogens with two attached hydrogens (primary N) is 1. The lowest BCUT2D eigenvalue weighted by Gasteiger charge is -2.33. The minimum atomic E-state index is -0.0823. The molecule has 6 nitrogen and oxygen atoms in total. The molecule has 108 valence electrons. The molecule has 1 aliphatic rings. The molecule has 0 saturated carbocycles. The highest BCUT2D eigenvalue weighted by Gasteiger charge is 2.26. The maximum Gasteiger partial charge on any atom is 0.240 e. The summed E-state index contributed by atoms with van der Waals surface area (Å²) in [4.78, 5) is 6.70. The van der Waals surface area contributed by atoms with E-state index in [1.807, 2.05) is 6.92 Å². The van der Waals surface area contributed by atoms with Gasteiger partial charge in [-0.05, 0) is 6.92 Å². The lowest BCUT2D eigenvalue weighted by atomic mass is 9.96. The Hall–Kier alpha value is -0.980. The quantitative estimate of drug-likeness (QED) is 0.878. The number of ether oxygens (including phenoxy) is 1. The van der Waals surface area contributed by atoms with Crippen molar-refractivity contribution in [1.82, 2.24) is 15.0 Å². The third-order valence-electron chi connectivity index (χ3n) is 3.26. The molecule has 2 heterocycles. The Kier molecular flexibility index (Phi) is 4.23. The lowest BCUT2D eigenvalue weighted by molar-refractivity contribution is -0.0427. The number of hydrogen-bond acceptors (Lipinski definition) is 6. The minimum Gasteiger partial charge on any atom is -0.374 e. The van der Waals surface area contributed by atoms with E-state index in [9.17, 15) is 0 Å². The molecule has 0 aliphatic carbocycles. The first-order valence-electron chi connectivity index (χ1n) is 6.79. The van der Waals surface area contributed by atoms with Gasteiger partial charge in [0.1, 0.15) is 0 Å².